The van der Waals surface area contributed by atoms with Gasteiger partial charge in [0.05, 0.1) is 0 Å². The smallest absolute Gasteiger partial charge is 0.115 e. The summed E-state index contributed by atoms with van der Waals surface area (Å²) in [6.07, 6.45) is 0.893. The molecular formula is C29H38N2O. The Morgan fingerprint density at radius 1 is 0.812 bits per heavy atom. The number of aromatic hydroxyl groups is 1. The Morgan fingerprint density at radius 3 is 2.00 bits per heavy atom. The second-order valence-corrected chi connectivity index (χ2v) is 9.74. The minimum Gasteiger partial charge on any atom is -0.508 e. The largest absolute Gasteiger partial charge is 0.508 e. The van der Waals surface area contributed by atoms with Gasteiger partial charge in [-0.05, 0) is 90.1 Å². The Bertz CT molecular complexity index is 1100. The minimum absolute atomic E-state index is 0.0949. The van der Waals surface area contributed by atoms with E-state index in [0.717, 1.165) is 23.2 Å². The van der Waals surface area contributed by atoms with E-state index in [2.05, 4.69) is 78.0 Å². The molecule has 0 saturated carbocycles. The molecule has 4 N–H and O–H groups in total. The van der Waals surface area contributed by atoms with Crippen molar-refractivity contribution in [1.82, 2.24) is 0 Å². The van der Waals surface area contributed by atoms with Crippen LogP contribution in [-0.4, -0.2) is 5.11 Å². The zero-order chi connectivity index (χ0) is 23.6. The second-order valence-electron chi connectivity index (χ2n) is 9.74. The van der Waals surface area contributed by atoms with E-state index in [1.54, 1.807) is 6.07 Å². The number of nitrogen functional groups attached to an aromatic ring is 1. The number of phenols is 1. The van der Waals surface area contributed by atoms with Crippen molar-refractivity contribution in [3.05, 3.63) is 87.5 Å². The number of hydrogen-bond acceptors (Lipinski definition) is 3. The number of rotatable bonds is 7. The Morgan fingerprint density at radius 2 is 1.41 bits per heavy atom. The van der Waals surface area contributed by atoms with E-state index in [1.807, 2.05) is 18.2 Å². The highest BCUT2D eigenvalue weighted by molar-refractivity contribution is 5.62. The summed E-state index contributed by atoms with van der Waals surface area (Å²) in [5.74, 6) is 1.10. The quantitative estimate of drug-likeness (QED) is 0.338. The molecule has 3 nitrogen and oxygen atoms in total. The summed E-state index contributed by atoms with van der Waals surface area (Å²) >= 11 is 0. The summed E-state index contributed by atoms with van der Waals surface area (Å²) in [5.41, 5.74) is 17.1. The first-order valence-corrected chi connectivity index (χ1v) is 11.6. The molecule has 3 rings (SSSR count). The number of hydrogen-bond donors (Lipinski definition) is 3. The first-order chi connectivity index (χ1) is 15.1. The minimum atomic E-state index is 0.0949. The van der Waals surface area contributed by atoms with Gasteiger partial charge in [-0.1, -0.05) is 64.1 Å². The van der Waals surface area contributed by atoms with Gasteiger partial charge in [-0.2, -0.15) is 0 Å². The molecule has 0 spiro atoms. The maximum atomic E-state index is 9.86. The fraction of sp³-hybridized carbons (Fsp3) is 0.379. The van der Waals surface area contributed by atoms with Crippen molar-refractivity contribution < 1.29 is 5.11 Å². The average Bonchev–Trinajstić information content (AvgIpc) is 2.71. The molecule has 0 fully saturated rings. The zero-order valence-electron chi connectivity index (χ0n) is 20.6. The SMILES string of the molecule is Cc1cc(Cc2cc(C)c(NC(C)c3cccc(O)c3)c(C(C)C)c2)cc(C(C)C)c1N. The molecular weight excluding hydrogens is 392 g/mol. The van der Waals surface area contributed by atoms with Crippen LogP contribution in [0.25, 0.3) is 0 Å². The Labute approximate surface area is 193 Å². The first-order valence-electron chi connectivity index (χ1n) is 11.6. The van der Waals surface area contributed by atoms with Crippen LogP contribution < -0.4 is 11.1 Å². The maximum absolute atomic E-state index is 9.86. The van der Waals surface area contributed by atoms with E-state index in [0.29, 0.717) is 17.6 Å². The third-order valence-corrected chi connectivity index (χ3v) is 6.29. The summed E-state index contributed by atoms with van der Waals surface area (Å²) < 4.78 is 0. The molecule has 0 saturated heterocycles. The molecule has 1 atom stereocenters. The van der Waals surface area contributed by atoms with Crippen molar-refractivity contribution in [2.24, 2.45) is 0 Å². The van der Waals surface area contributed by atoms with E-state index < -0.39 is 0 Å². The lowest BCUT2D eigenvalue weighted by Gasteiger charge is -2.24. The number of anilines is 2. The van der Waals surface area contributed by atoms with Gasteiger partial charge in [0.15, 0.2) is 0 Å². The van der Waals surface area contributed by atoms with Crippen molar-refractivity contribution in [2.75, 3.05) is 11.1 Å². The topological polar surface area (TPSA) is 58.3 Å². The Balaban J connectivity index is 1.94. The molecule has 0 heterocycles. The van der Waals surface area contributed by atoms with Gasteiger partial charge in [-0.25, -0.2) is 0 Å². The molecule has 32 heavy (non-hydrogen) atoms. The summed E-state index contributed by atoms with van der Waals surface area (Å²) in [5, 5.41) is 13.6. The monoisotopic (exact) mass is 430 g/mol. The van der Waals surface area contributed by atoms with E-state index >= 15 is 0 Å². The molecule has 0 aromatic heterocycles. The highest BCUT2D eigenvalue weighted by Crippen LogP contribution is 2.34. The molecule has 0 amide bonds. The van der Waals surface area contributed by atoms with Crippen LogP contribution in [0.4, 0.5) is 11.4 Å². The molecule has 0 bridgehead atoms. The number of aryl methyl sites for hydroxylation is 2. The van der Waals surface area contributed by atoms with Crippen LogP contribution in [0.3, 0.4) is 0 Å². The number of phenolic OH excluding ortho intramolecular Hbond substituents is 1. The first kappa shape index (κ1) is 23.7. The van der Waals surface area contributed by atoms with Crippen molar-refractivity contribution >= 4 is 11.4 Å². The van der Waals surface area contributed by atoms with Gasteiger partial charge in [-0.3, -0.25) is 0 Å². The van der Waals surface area contributed by atoms with Crippen molar-refractivity contribution in [3.63, 3.8) is 0 Å². The molecule has 3 heteroatoms. The van der Waals surface area contributed by atoms with Gasteiger partial charge >= 0.3 is 0 Å². The lowest BCUT2D eigenvalue weighted by atomic mass is 9.90. The second kappa shape index (κ2) is 9.68. The van der Waals surface area contributed by atoms with E-state index in [-0.39, 0.29) is 6.04 Å². The molecule has 3 aromatic carbocycles. The predicted molar refractivity (Wildman–Crippen MR) is 138 cm³/mol. The molecule has 3 aromatic rings. The fourth-order valence-corrected chi connectivity index (χ4v) is 4.46. The fourth-order valence-electron chi connectivity index (χ4n) is 4.46. The van der Waals surface area contributed by atoms with Gasteiger partial charge in [0.1, 0.15) is 5.75 Å². The van der Waals surface area contributed by atoms with Crippen LogP contribution >= 0.6 is 0 Å². The molecule has 1 unspecified atom stereocenters. The highest BCUT2D eigenvalue weighted by atomic mass is 16.3. The summed E-state index contributed by atoms with van der Waals surface area (Å²) in [4.78, 5) is 0. The predicted octanol–water partition coefficient (Wildman–Crippen LogP) is 7.60. The number of nitrogens with one attached hydrogen (secondary N) is 1. The molecule has 0 aliphatic rings. The molecule has 0 aliphatic heterocycles. The van der Waals surface area contributed by atoms with Crippen LogP contribution in [0.1, 0.15) is 91.4 Å². The average molecular weight is 431 g/mol. The molecule has 0 radical (unpaired) electrons. The molecule has 0 aliphatic carbocycles. The number of nitrogens with two attached hydrogens (primary N) is 1. The van der Waals surface area contributed by atoms with Crippen LogP contribution in [0, 0.1) is 13.8 Å². The van der Waals surface area contributed by atoms with Crippen molar-refractivity contribution in [2.45, 2.75) is 72.8 Å². The van der Waals surface area contributed by atoms with Crippen molar-refractivity contribution in [1.29, 1.82) is 0 Å². The molecule has 170 valence electrons. The van der Waals surface area contributed by atoms with Gasteiger partial charge in [0.2, 0.25) is 0 Å². The van der Waals surface area contributed by atoms with Crippen molar-refractivity contribution in [3.8, 4) is 5.75 Å². The van der Waals surface area contributed by atoms with Gasteiger partial charge in [0, 0.05) is 17.4 Å². The lowest BCUT2D eigenvalue weighted by Crippen LogP contribution is -2.11. The van der Waals surface area contributed by atoms with Crippen LogP contribution in [0.5, 0.6) is 5.75 Å². The van der Waals surface area contributed by atoms with Crippen LogP contribution in [0.15, 0.2) is 48.5 Å². The Kier molecular flexibility index (Phi) is 7.18. The summed E-state index contributed by atoms with van der Waals surface area (Å²) in [6.45, 7) is 15.3. The zero-order valence-corrected chi connectivity index (χ0v) is 20.6. The van der Waals surface area contributed by atoms with Crippen LogP contribution in [0.2, 0.25) is 0 Å². The van der Waals surface area contributed by atoms with E-state index in [9.17, 15) is 5.11 Å². The standard InChI is InChI=1S/C29H38N2O/c1-17(2)26-14-22(11-19(5)28(26)30)13-23-12-20(6)29(27(15-23)18(3)4)31-21(7)24-9-8-10-25(32)16-24/h8-12,14-18,21,31-32H,13,30H2,1-7H3. The van der Waals surface area contributed by atoms with Gasteiger partial charge < -0.3 is 16.2 Å². The lowest BCUT2D eigenvalue weighted by molar-refractivity contribution is 0.474. The van der Waals surface area contributed by atoms with Gasteiger partial charge in [-0.15, -0.1) is 0 Å². The van der Waals surface area contributed by atoms with Crippen LogP contribution in [-0.2, 0) is 6.42 Å². The summed E-state index contributed by atoms with van der Waals surface area (Å²) in [6, 6.07) is 16.7. The van der Waals surface area contributed by atoms with E-state index in [4.69, 9.17) is 5.73 Å². The third-order valence-electron chi connectivity index (χ3n) is 6.29. The highest BCUT2D eigenvalue weighted by Gasteiger charge is 2.16. The Hall–Kier alpha value is -2.94. The number of benzene rings is 3. The normalized spacial score (nSPS) is 12.4. The van der Waals surface area contributed by atoms with Gasteiger partial charge in [0.25, 0.3) is 0 Å². The van der Waals surface area contributed by atoms with E-state index in [1.165, 1.54) is 33.5 Å². The maximum Gasteiger partial charge on any atom is 0.115 e. The third kappa shape index (κ3) is 5.27. The summed E-state index contributed by atoms with van der Waals surface area (Å²) in [7, 11) is 0.